The van der Waals surface area contributed by atoms with Crippen LogP contribution in [0.15, 0.2) is 24.3 Å². The fourth-order valence-electron chi connectivity index (χ4n) is 1.35. The molecule has 1 unspecified atom stereocenters. The molecule has 0 heterocycles. The van der Waals surface area contributed by atoms with Gasteiger partial charge in [-0.3, -0.25) is 0 Å². The number of nitrogens with two attached hydrogens (primary N) is 1. The van der Waals surface area contributed by atoms with Crippen LogP contribution in [0.4, 0.5) is 0 Å². The molecule has 1 aromatic carbocycles. The lowest BCUT2D eigenvalue weighted by Crippen LogP contribution is -2.35. The molecule has 0 spiro atoms. The summed E-state index contributed by atoms with van der Waals surface area (Å²) in [6.45, 7) is 4.57. The standard InChI is InChI=1S/C13H21NO2/c1-3-11-5-4-6-12(9-11)16-8-7-13(2,15)10-14/h4-6,9,15H,3,7-8,10,14H2,1-2H3. The summed E-state index contributed by atoms with van der Waals surface area (Å²) in [6, 6.07) is 8.01. The van der Waals surface area contributed by atoms with Crippen molar-refractivity contribution in [3.05, 3.63) is 29.8 Å². The van der Waals surface area contributed by atoms with E-state index in [1.165, 1.54) is 5.56 Å². The molecule has 0 aliphatic heterocycles. The van der Waals surface area contributed by atoms with Gasteiger partial charge in [0.15, 0.2) is 0 Å². The highest BCUT2D eigenvalue weighted by Gasteiger charge is 2.17. The molecule has 3 nitrogen and oxygen atoms in total. The normalized spacial score (nSPS) is 14.5. The molecular weight excluding hydrogens is 202 g/mol. The van der Waals surface area contributed by atoms with Gasteiger partial charge in [0.05, 0.1) is 12.2 Å². The van der Waals surface area contributed by atoms with Gasteiger partial charge in [0, 0.05) is 13.0 Å². The van der Waals surface area contributed by atoms with Crippen molar-refractivity contribution in [2.45, 2.75) is 32.3 Å². The van der Waals surface area contributed by atoms with Crippen LogP contribution in [0.1, 0.15) is 25.8 Å². The van der Waals surface area contributed by atoms with Crippen LogP contribution in [0.3, 0.4) is 0 Å². The number of rotatable bonds is 6. The van der Waals surface area contributed by atoms with Gasteiger partial charge in [0.25, 0.3) is 0 Å². The molecule has 0 radical (unpaired) electrons. The summed E-state index contributed by atoms with van der Waals surface area (Å²) < 4.78 is 5.57. The lowest BCUT2D eigenvalue weighted by atomic mass is 10.0. The second kappa shape index (κ2) is 5.87. The summed E-state index contributed by atoms with van der Waals surface area (Å²) in [7, 11) is 0. The van der Waals surface area contributed by atoms with Crippen LogP contribution in [-0.2, 0) is 6.42 Å². The molecule has 1 atom stereocenters. The van der Waals surface area contributed by atoms with Crippen molar-refractivity contribution >= 4 is 0 Å². The van der Waals surface area contributed by atoms with Crippen molar-refractivity contribution in [1.82, 2.24) is 0 Å². The molecule has 0 aromatic heterocycles. The Balaban J connectivity index is 2.42. The molecule has 3 heteroatoms. The van der Waals surface area contributed by atoms with E-state index in [1.54, 1.807) is 6.92 Å². The molecule has 0 fully saturated rings. The number of benzene rings is 1. The maximum Gasteiger partial charge on any atom is 0.119 e. The molecular formula is C13H21NO2. The van der Waals surface area contributed by atoms with Crippen molar-refractivity contribution in [2.24, 2.45) is 5.73 Å². The Morgan fingerprint density at radius 3 is 2.81 bits per heavy atom. The third kappa shape index (κ3) is 4.21. The Bertz CT molecular complexity index is 323. The maximum atomic E-state index is 9.70. The maximum absolute atomic E-state index is 9.70. The van der Waals surface area contributed by atoms with Gasteiger partial charge in [-0.1, -0.05) is 19.1 Å². The van der Waals surface area contributed by atoms with Crippen LogP contribution in [0.25, 0.3) is 0 Å². The summed E-state index contributed by atoms with van der Waals surface area (Å²) in [5.41, 5.74) is 5.85. The molecule has 0 amide bonds. The average Bonchev–Trinajstić information content (AvgIpc) is 2.29. The molecule has 16 heavy (non-hydrogen) atoms. The SMILES string of the molecule is CCc1cccc(OCCC(C)(O)CN)c1. The predicted molar refractivity (Wildman–Crippen MR) is 65.6 cm³/mol. The quantitative estimate of drug-likeness (QED) is 0.772. The molecule has 3 N–H and O–H groups in total. The van der Waals surface area contributed by atoms with Crippen molar-refractivity contribution < 1.29 is 9.84 Å². The van der Waals surface area contributed by atoms with E-state index >= 15 is 0 Å². The number of hydrogen-bond donors (Lipinski definition) is 2. The monoisotopic (exact) mass is 223 g/mol. The average molecular weight is 223 g/mol. The molecule has 0 saturated carbocycles. The number of hydrogen-bond acceptors (Lipinski definition) is 3. The molecule has 0 bridgehead atoms. The van der Waals surface area contributed by atoms with E-state index < -0.39 is 5.60 Å². The Hall–Kier alpha value is -1.06. The number of ether oxygens (including phenoxy) is 1. The van der Waals surface area contributed by atoms with Crippen LogP contribution in [0.5, 0.6) is 5.75 Å². The summed E-state index contributed by atoms with van der Waals surface area (Å²) in [5.74, 6) is 0.854. The van der Waals surface area contributed by atoms with Crippen molar-refractivity contribution in [2.75, 3.05) is 13.2 Å². The van der Waals surface area contributed by atoms with E-state index in [0.29, 0.717) is 13.0 Å². The van der Waals surface area contributed by atoms with Crippen molar-refractivity contribution in [3.63, 3.8) is 0 Å². The Morgan fingerprint density at radius 2 is 2.19 bits per heavy atom. The van der Waals surface area contributed by atoms with Crippen molar-refractivity contribution in [1.29, 1.82) is 0 Å². The first kappa shape index (κ1) is 13.0. The highest BCUT2D eigenvalue weighted by Crippen LogP contribution is 2.15. The van der Waals surface area contributed by atoms with E-state index in [0.717, 1.165) is 12.2 Å². The summed E-state index contributed by atoms with van der Waals surface area (Å²) in [5, 5.41) is 9.70. The van der Waals surface area contributed by atoms with Gasteiger partial charge in [-0.05, 0) is 31.0 Å². The molecule has 0 aliphatic rings. The second-order valence-corrected chi connectivity index (χ2v) is 4.30. The van der Waals surface area contributed by atoms with E-state index in [9.17, 15) is 5.11 Å². The van der Waals surface area contributed by atoms with Crippen molar-refractivity contribution in [3.8, 4) is 5.75 Å². The zero-order chi connectivity index (χ0) is 12.0. The molecule has 90 valence electrons. The van der Waals surface area contributed by atoms with E-state index in [-0.39, 0.29) is 6.54 Å². The van der Waals surface area contributed by atoms with Gasteiger partial charge in [0.2, 0.25) is 0 Å². The van der Waals surface area contributed by atoms with Crippen LogP contribution >= 0.6 is 0 Å². The van der Waals surface area contributed by atoms with Crippen LogP contribution in [-0.4, -0.2) is 23.9 Å². The van der Waals surface area contributed by atoms with Gasteiger partial charge < -0.3 is 15.6 Å². The van der Waals surface area contributed by atoms with Crippen LogP contribution in [0, 0.1) is 0 Å². The third-order valence-electron chi connectivity index (χ3n) is 2.66. The van der Waals surface area contributed by atoms with Gasteiger partial charge in [-0.15, -0.1) is 0 Å². The Morgan fingerprint density at radius 1 is 1.44 bits per heavy atom. The largest absolute Gasteiger partial charge is 0.493 e. The van der Waals surface area contributed by atoms with E-state index in [2.05, 4.69) is 13.0 Å². The topological polar surface area (TPSA) is 55.5 Å². The fourth-order valence-corrected chi connectivity index (χ4v) is 1.35. The first-order chi connectivity index (χ1) is 7.57. The van der Waals surface area contributed by atoms with Gasteiger partial charge in [-0.25, -0.2) is 0 Å². The summed E-state index contributed by atoms with van der Waals surface area (Å²) in [6.07, 6.45) is 1.54. The summed E-state index contributed by atoms with van der Waals surface area (Å²) in [4.78, 5) is 0. The van der Waals surface area contributed by atoms with Gasteiger partial charge in [-0.2, -0.15) is 0 Å². The molecule has 1 aromatic rings. The minimum Gasteiger partial charge on any atom is -0.493 e. The minimum atomic E-state index is -0.831. The first-order valence-electron chi connectivity index (χ1n) is 5.71. The Labute approximate surface area is 97.2 Å². The number of aliphatic hydroxyl groups is 1. The third-order valence-corrected chi connectivity index (χ3v) is 2.66. The predicted octanol–water partition coefficient (Wildman–Crippen LogP) is 1.73. The van der Waals surface area contributed by atoms with Crippen LogP contribution < -0.4 is 10.5 Å². The highest BCUT2D eigenvalue weighted by atomic mass is 16.5. The van der Waals surface area contributed by atoms with Gasteiger partial charge >= 0.3 is 0 Å². The number of aryl methyl sites for hydroxylation is 1. The lowest BCUT2D eigenvalue weighted by Gasteiger charge is -2.20. The fraction of sp³-hybridized carbons (Fsp3) is 0.538. The van der Waals surface area contributed by atoms with E-state index in [4.69, 9.17) is 10.5 Å². The molecule has 0 aliphatic carbocycles. The zero-order valence-corrected chi connectivity index (χ0v) is 10.1. The lowest BCUT2D eigenvalue weighted by molar-refractivity contribution is 0.0453. The molecule has 1 rings (SSSR count). The smallest absolute Gasteiger partial charge is 0.119 e. The van der Waals surface area contributed by atoms with Gasteiger partial charge in [0.1, 0.15) is 5.75 Å². The minimum absolute atomic E-state index is 0.255. The molecule has 0 saturated heterocycles. The second-order valence-electron chi connectivity index (χ2n) is 4.30. The first-order valence-corrected chi connectivity index (χ1v) is 5.71. The zero-order valence-electron chi connectivity index (χ0n) is 10.1. The summed E-state index contributed by atoms with van der Waals surface area (Å²) >= 11 is 0. The van der Waals surface area contributed by atoms with Crippen LogP contribution in [0.2, 0.25) is 0 Å². The van der Waals surface area contributed by atoms with E-state index in [1.807, 2.05) is 18.2 Å². The highest BCUT2D eigenvalue weighted by molar-refractivity contribution is 5.28. The Kier molecular flexibility index (Phi) is 4.77.